The Bertz CT molecular complexity index is 190. The van der Waals surface area contributed by atoms with Gasteiger partial charge in [0.05, 0.1) is 12.8 Å². The summed E-state index contributed by atoms with van der Waals surface area (Å²) in [5.41, 5.74) is 0. The van der Waals surface area contributed by atoms with Crippen LogP contribution in [0.3, 0.4) is 0 Å². The molecule has 1 N–H and O–H groups in total. The minimum absolute atomic E-state index is 0.0847. The molecule has 1 atom stereocenters. The third-order valence-electron chi connectivity index (χ3n) is 0.996. The highest BCUT2D eigenvalue weighted by molar-refractivity contribution is 7.54. The Morgan fingerprint density at radius 1 is 1.33 bits per heavy atom. The average molecular weight is 192 g/mol. The molecule has 0 radical (unpaired) electrons. The van der Waals surface area contributed by atoms with Gasteiger partial charge in [-0.1, -0.05) is 12.2 Å². The zero-order chi connectivity index (χ0) is 9.45. The van der Waals surface area contributed by atoms with Gasteiger partial charge in [-0.25, -0.2) is 0 Å². The second-order valence-electron chi connectivity index (χ2n) is 1.92. The van der Waals surface area contributed by atoms with Crippen molar-refractivity contribution in [1.82, 2.24) is 0 Å². The van der Waals surface area contributed by atoms with Crippen LogP contribution in [0, 0.1) is 0 Å². The second kappa shape index (κ2) is 6.14. The zero-order valence-electron chi connectivity index (χ0n) is 6.81. The largest absolute Gasteiger partial charge is 0.370 e. The smallest absolute Gasteiger partial charge is 0.336 e. The summed E-state index contributed by atoms with van der Waals surface area (Å²) >= 11 is 0. The fraction of sp³-hybridized carbons (Fsp3) is 0.429. The second-order valence-corrected chi connectivity index (χ2v) is 4.03. The molecule has 0 fully saturated rings. The van der Waals surface area contributed by atoms with Gasteiger partial charge in [-0.2, -0.15) is 0 Å². The van der Waals surface area contributed by atoms with Crippen LogP contribution in [0.25, 0.3) is 0 Å². The van der Waals surface area contributed by atoms with E-state index in [0.29, 0.717) is 0 Å². The molecule has 0 saturated carbocycles. The highest BCUT2D eigenvalue weighted by Gasteiger charge is 2.21. The first-order valence-electron chi connectivity index (χ1n) is 3.39. The maximum Gasteiger partial charge on any atom is 0.336 e. The van der Waals surface area contributed by atoms with Gasteiger partial charge in [0, 0.05) is 0 Å². The third-order valence-corrected chi connectivity index (χ3v) is 2.75. The van der Waals surface area contributed by atoms with Gasteiger partial charge < -0.3 is 9.63 Å². The Balaban J connectivity index is 4.07. The molecule has 5 heteroatoms. The summed E-state index contributed by atoms with van der Waals surface area (Å²) in [5.74, 6) is 0. The predicted molar refractivity (Wildman–Crippen MR) is 47.0 cm³/mol. The number of aliphatic hydroxyl groups excluding tert-OH is 1. The summed E-state index contributed by atoms with van der Waals surface area (Å²) in [6.45, 7) is 6.30. The Morgan fingerprint density at radius 3 is 2.42 bits per heavy atom. The van der Waals surface area contributed by atoms with E-state index in [9.17, 15) is 4.57 Å². The number of allylic oxidation sites excluding steroid dienone is 1. The van der Waals surface area contributed by atoms with Crippen LogP contribution in [0.4, 0.5) is 0 Å². The van der Waals surface area contributed by atoms with Gasteiger partial charge in [0.2, 0.25) is 0 Å². The fourth-order valence-corrected chi connectivity index (χ4v) is 1.67. The lowest BCUT2D eigenvalue weighted by molar-refractivity contribution is 0.0795. The summed E-state index contributed by atoms with van der Waals surface area (Å²) < 4.78 is 20.8. The lowest BCUT2D eigenvalue weighted by Crippen LogP contribution is -1.99. The number of aliphatic hydroxyl groups is 1. The Kier molecular flexibility index (Phi) is 5.93. The molecule has 0 aliphatic carbocycles. The van der Waals surface area contributed by atoms with Crippen LogP contribution in [-0.2, 0) is 13.6 Å². The molecular formula is C7H13O4P. The van der Waals surface area contributed by atoms with E-state index in [1.54, 1.807) is 0 Å². The molecule has 0 aromatic carbocycles. The first-order valence-corrected chi connectivity index (χ1v) is 5.12. The summed E-state index contributed by atoms with van der Waals surface area (Å²) in [6, 6.07) is 0. The van der Waals surface area contributed by atoms with Crippen molar-refractivity contribution < 1.29 is 18.7 Å². The Labute approximate surface area is 72.0 Å². The monoisotopic (exact) mass is 192 g/mol. The van der Waals surface area contributed by atoms with Crippen LogP contribution in [0.5, 0.6) is 0 Å². The molecule has 4 nitrogen and oxygen atoms in total. The average Bonchev–Trinajstić information content (AvgIpc) is 2.02. The van der Waals surface area contributed by atoms with Crippen LogP contribution in [0.2, 0.25) is 0 Å². The van der Waals surface area contributed by atoms with E-state index < -0.39 is 14.4 Å². The van der Waals surface area contributed by atoms with Crippen molar-refractivity contribution in [3.63, 3.8) is 0 Å². The van der Waals surface area contributed by atoms with Crippen LogP contribution >= 0.6 is 7.60 Å². The van der Waals surface area contributed by atoms with E-state index in [2.05, 4.69) is 17.7 Å². The SMILES string of the molecule is C=CCOP(=O)(CC=C)OCO. The summed E-state index contributed by atoms with van der Waals surface area (Å²) in [7, 11) is -3.18. The molecule has 0 saturated heterocycles. The minimum atomic E-state index is -3.18. The molecule has 0 aromatic rings. The molecule has 0 aromatic heterocycles. The highest BCUT2D eigenvalue weighted by Crippen LogP contribution is 2.47. The van der Waals surface area contributed by atoms with Crippen molar-refractivity contribution in [1.29, 1.82) is 0 Å². The van der Waals surface area contributed by atoms with E-state index in [4.69, 9.17) is 9.63 Å². The standard InChI is InChI=1S/C7H13O4P/c1-3-5-10-12(9,6-4-2)11-7-8/h3-4,8H,1-2,5-7H2. The fourth-order valence-electron chi connectivity index (χ4n) is 0.555. The summed E-state index contributed by atoms with van der Waals surface area (Å²) in [6.07, 6.45) is 2.96. The molecule has 0 heterocycles. The highest BCUT2D eigenvalue weighted by atomic mass is 31.2. The Morgan fingerprint density at radius 2 is 2.00 bits per heavy atom. The molecule has 0 aliphatic heterocycles. The van der Waals surface area contributed by atoms with Crippen molar-refractivity contribution in [3.05, 3.63) is 25.3 Å². The molecule has 0 bridgehead atoms. The zero-order valence-corrected chi connectivity index (χ0v) is 7.70. The van der Waals surface area contributed by atoms with Gasteiger partial charge in [-0.3, -0.25) is 9.09 Å². The Hall–Kier alpha value is -0.410. The van der Waals surface area contributed by atoms with Crippen molar-refractivity contribution in [2.75, 3.05) is 19.6 Å². The summed E-state index contributed by atoms with van der Waals surface area (Å²) in [4.78, 5) is 0. The third kappa shape index (κ3) is 4.46. The molecule has 70 valence electrons. The van der Waals surface area contributed by atoms with E-state index in [-0.39, 0.29) is 12.8 Å². The van der Waals surface area contributed by atoms with Crippen molar-refractivity contribution in [2.45, 2.75) is 0 Å². The van der Waals surface area contributed by atoms with Gasteiger partial charge >= 0.3 is 7.60 Å². The van der Waals surface area contributed by atoms with Gasteiger partial charge in [0.15, 0.2) is 6.79 Å². The van der Waals surface area contributed by atoms with Gasteiger partial charge in [0.1, 0.15) is 0 Å². The molecular weight excluding hydrogens is 179 g/mol. The minimum Gasteiger partial charge on any atom is -0.370 e. The maximum atomic E-state index is 11.4. The number of hydrogen-bond acceptors (Lipinski definition) is 4. The van der Waals surface area contributed by atoms with E-state index in [0.717, 1.165) is 0 Å². The first kappa shape index (κ1) is 11.6. The van der Waals surface area contributed by atoms with Gasteiger partial charge in [0.25, 0.3) is 0 Å². The molecule has 0 rings (SSSR count). The molecule has 0 spiro atoms. The normalized spacial score (nSPS) is 15.1. The van der Waals surface area contributed by atoms with Crippen LogP contribution < -0.4 is 0 Å². The predicted octanol–water partition coefficient (Wildman–Crippen LogP) is 1.53. The number of hydrogen-bond donors (Lipinski definition) is 1. The van der Waals surface area contributed by atoms with Gasteiger partial charge in [-0.15, -0.1) is 13.2 Å². The van der Waals surface area contributed by atoms with Crippen LogP contribution in [0.15, 0.2) is 25.3 Å². The van der Waals surface area contributed by atoms with Gasteiger partial charge in [-0.05, 0) is 0 Å². The van der Waals surface area contributed by atoms with E-state index in [1.165, 1.54) is 12.2 Å². The quantitative estimate of drug-likeness (QED) is 0.377. The van der Waals surface area contributed by atoms with Crippen LogP contribution in [0.1, 0.15) is 0 Å². The van der Waals surface area contributed by atoms with Crippen molar-refractivity contribution in [2.24, 2.45) is 0 Å². The first-order chi connectivity index (χ1) is 5.68. The van der Waals surface area contributed by atoms with E-state index >= 15 is 0 Å². The van der Waals surface area contributed by atoms with Crippen LogP contribution in [-0.4, -0.2) is 24.7 Å². The van der Waals surface area contributed by atoms with E-state index in [1.807, 2.05) is 0 Å². The molecule has 12 heavy (non-hydrogen) atoms. The van der Waals surface area contributed by atoms with Crippen molar-refractivity contribution in [3.8, 4) is 0 Å². The number of rotatable bonds is 7. The molecule has 0 amide bonds. The maximum absolute atomic E-state index is 11.4. The lowest BCUT2D eigenvalue weighted by atomic mass is 10.7. The summed E-state index contributed by atoms with van der Waals surface area (Å²) in [5, 5.41) is 8.39. The topological polar surface area (TPSA) is 55.8 Å². The lowest BCUT2D eigenvalue weighted by Gasteiger charge is -2.13. The molecule has 0 aliphatic rings. The van der Waals surface area contributed by atoms with Crippen molar-refractivity contribution >= 4 is 7.60 Å². The molecule has 1 unspecified atom stereocenters.